The number of hydrogen-bond acceptors (Lipinski definition) is 4. The first kappa shape index (κ1) is 11.0. The van der Waals surface area contributed by atoms with Crippen LogP contribution in [-0.2, 0) is 6.42 Å². The van der Waals surface area contributed by atoms with Crippen LogP contribution in [-0.4, -0.2) is 26.1 Å². The molecule has 2 aromatic heterocycles. The van der Waals surface area contributed by atoms with Crippen molar-refractivity contribution in [3.8, 4) is 0 Å². The third-order valence-corrected chi connectivity index (χ3v) is 2.57. The van der Waals surface area contributed by atoms with Gasteiger partial charge in [0.25, 0.3) is 0 Å². The lowest BCUT2D eigenvalue weighted by molar-refractivity contribution is 0.733. The van der Waals surface area contributed by atoms with E-state index in [0.717, 1.165) is 29.9 Å². The largest absolute Gasteiger partial charge is 0.330 e. The number of aromatic nitrogens is 4. The van der Waals surface area contributed by atoms with Gasteiger partial charge in [0, 0.05) is 6.42 Å². The quantitative estimate of drug-likeness (QED) is 0.837. The molecule has 0 aliphatic carbocycles. The van der Waals surface area contributed by atoms with E-state index in [2.05, 4.69) is 28.9 Å². The molecule has 0 bridgehead atoms. The number of aryl methyl sites for hydroxylation is 1. The summed E-state index contributed by atoms with van der Waals surface area (Å²) in [7, 11) is 0. The Morgan fingerprint density at radius 2 is 2.25 bits per heavy atom. The maximum atomic E-state index is 5.52. The van der Waals surface area contributed by atoms with Crippen LogP contribution in [0.3, 0.4) is 0 Å². The second-order valence-electron chi connectivity index (χ2n) is 4.17. The van der Waals surface area contributed by atoms with Crippen LogP contribution in [0, 0.1) is 0 Å². The molecular formula is C11H17N5. The van der Waals surface area contributed by atoms with Gasteiger partial charge >= 0.3 is 0 Å². The predicted octanol–water partition coefficient (Wildman–Crippen LogP) is 1.14. The number of hydrogen-bond donors (Lipinski definition) is 1. The molecule has 2 heterocycles. The fourth-order valence-corrected chi connectivity index (χ4v) is 1.77. The average molecular weight is 219 g/mol. The minimum absolute atomic E-state index is 0.382. The topological polar surface area (TPSA) is 69.1 Å². The zero-order chi connectivity index (χ0) is 11.5. The van der Waals surface area contributed by atoms with Crippen LogP contribution in [0.1, 0.15) is 37.7 Å². The molecule has 0 aliphatic rings. The van der Waals surface area contributed by atoms with Gasteiger partial charge in [-0.05, 0) is 18.9 Å². The number of nitrogens with two attached hydrogens (primary N) is 1. The van der Waals surface area contributed by atoms with Crippen molar-refractivity contribution in [1.82, 2.24) is 19.6 Å². The van der Waals surface area contributed by atoms with E-state index in [9.17, 15) is 0 Å². The average Bonchev–Trinajstić information content (AvgIpc) is 2.65. The Kier molecular flexibility index (Phi) is 3.14. The standard InChI is InChI=1S/C11H17N5/c1-8(2)11-9-6-13-7-14-16(9)10(15-11)4-3-5-12/h6-8H,3-5,12H2,1-2H3. The van der Waals surface area contributed by atoms with Crippen LogP contribution in [0.2, 0.25) is 0 Å². The van der Waals surface area contributed by atoms with E-state index in [1.807, 2.05) is 10.7 Å². The molecule has 2 N–H and O–H groups in total. The molecule has 0 spiro atoms. The van der Waals surface area contributed by atoms with Crippen molar-refractivity contribution < 1.29 is 0 Å². The molecule has 0 saturated heterocycles. The van der Waals surface area contributed by atoms with Gasteiger partial charge in [-0.1, -0.05) is 13.8 Å². The minimum Gasteiger partial charge on any atom is -0.330 e. The van der Waals surface area contributed by atoms with Gasteiger partial charge in [0.05, 0.1) is 11.9 Å². The van der Waals surface area contributed by atoms with Gasteiger partial charge < -0.3 is 5.73 Å². The second kappa shape index (κ2) is 4.57. The van der Waals surface area contributed by atoms with E-state index in [4.69, 9.17) is 5.73 Å². The molecule has 0 radical (unpaired) electrons. The number of rotatable bonds is 4. The van der Waals surface area contributed by atoms with E-state index in [-0.39, 0.29) is 0 Å². The third kappa shape index (κ3) is 1.90. The minimum atomic E-state index is 0.382. The summed E-state index contributed by atoms with van der Waals surface area (Å²) in [5.74, 6) is 1.36. The molecule has 0 aromatic carbocycles. The first-order valence-corrected chi connectivity index (χ1v) is 5.61. The van der Waals surface area contributed by atoms with E-state index in [1.165, 1.54) is 0 Å². The van der Waals surface area contributed by atoms with Crippen LogP contribution < -0.4 is 5.73 Å². The van der Waals surface area contributed by atoms with Crippen LogP contribution in [0.15, 0.2) is 12.5 Å². The summed E-state index contributed by atoms with van der Waals surface area (Å²) in [6.07, 6.45) is 5.16. The summed E-state index contributed by atoms with van der Waals surface area (Å²) in [5, 5.41) is 4.24. The van der Waals surface area contributed by atoms with Crippen molar-refractivity contribution >= 4 is 5.52 Å². The highest BCUT2D eigenvalue weighted by molar-refractivity contribution is 5.51. The van der Waals surface area contributed by atoms with Crippen LogP contribution in [0.4, 0.5) is 0 Å². The Balaban J connectivity index is 2.49. The predicted molar refractivity (Wildman–Crippen MR) is 62.2 cm³/mol. The van der Waals surface area contributed by atoms with Gasteiger partial charge in [0.15, 0.2) is 0 Å². The Morgan fingerprint density at radius 3 is 2.94 bits per heavy atom. The van der Waals surface area contributed by atoms with Crippen LogP contribution in [0.5, 0.6) is 0 Å². The Bertz CT molecular complexity index is 474. The number of fused-ring (bicyclic) bond motifs is 1. The molecule has 0 unspecified atom stereocenters. The molecule has 0 atom stereocenters. The molecule has 2 aromatic rings. The van der Waals surface area contributed by atoms with Crippen molar-refractivity contribution in [2.45, 2.75) is 32.6 Å². The Labute approximate surface area is 94.7 Å². The van der Waals surface area contributed by atoms with Gasteiger partial charge in [0.1, 0.15) is 17.7 Å². The molecule has 16 heavy (non-hydrogen) atoms. The van der Waals surface area contributed by atoms with Crippen molar-refractivity contribution in [2.75, 3.05) is 6.54 Å². The SMILES string of the molecule is CC(C)c1nc(CCCN)n2ncncc12. The first-order valence-electron chi connectivity index (χ1n) is 5.61. The maximum absolute atomic E-state index is 5.52. The summed E-state index contributed by atoms with van der Waals surface area (Å²) >= 11 is 0. The Morgan fingerprint density at radius 1 is 1.44 bits per heavy atom. The van der Waals surface area contributed by atoms with Crippen molar-refractivity contribution in [2.24, 2.45) is 5.73 Å². The van der Waals surface area contributed by atoms with Gasteiger partial charge in [-0.3, -0.25) is 0 Å². The van der Waals surface area contributed by atoms with Crippen molar-refractivity contribution in [1.29, 1.82) is 0 Å². The summed E-state index contributed by atoms with van der Waals surface area (Å²) in [6.45, 7) is 4.93. The molecule has 0 amide bonds. The molecule has 86 valence electrons. The highest BCUT2D eigenvalue weighted by atomic mass is 15.3. The number of nitrogens with zero attached hydrogens (tertiary/aromatic N) is 4. The fraction of sp³-hybridized carbons (Fsp3) is 0.545. The Hall–Kier alpha value is -1.49. The zero-order valence-electron chi connectivity index (χ0n) is 9.72. The lowest BCUT2D eigenvalue weighted by atomic mass is 10.1. The normalized spacial score (nSPS) is 11.5. The highest BCUT2D eigenvalue weighted by Gasteiger charge is 2.13. The van der Waals surface area contributed by atoms with Gasteiger partial charge in [0.2, 0.25) is 0 Å². The number of imidazole rings is 1. The van der Waals surface area contributed by atoms with E-state index in [0.29, 0.717) is 12.5 Å². The van der Waals surface area contributed by atoms with Crippen LogP contribution in [0.25, 0.3) is 5.52 Å². The summed E-state index contributed by atoms with van der Waals surface area (Å²) in [5.41, 5.74) is 7.58. The smallest absolute Gasteiger partial charge is 0.136 e. The molecule has 5 heteroatoms. The first-order chi connectivity index (χ1) is 7.74. The van der Waals surface area contributed by atoms with Gasteiger partial charge in [-0.2, -0.15) is 5.10 Å². The fourth-order valence-electron chi connectivity index (χ4n) is 1.77. The van der Waals surface area contributed by atoms with Gasteiger partial charge in [-0.15, -0.1) is 0 Å². The van der Waals surface area contributed by atoms with E-state index >= 15 is 0 Å². The monoisotopic (exact) mass is 219 g/mol. The third-order valence-electron chi connectivity index (χ3n) is 2.57. The van der Waals surface area contributed by atoms with Crippen molar-refractivity contribution in [3.63, 3.8) is 0 Å². The lowest BCUT2D eigenvalue weighted by Crippen LogP contribution is -2.04. The molecule has 0 fully saturated rings. The van der Waals surface area contributed by atoms with Gasteiger partial charge in [-0.25, -0.2) is 14.5 Å². The van der Waals surface area contributed by atoms with E-state index < -0.39 is 0 Å². The molecular weight excluding hydrogens is 202 g/mol. The zero-order valence-corrected chi connectivity index (χ0v) is 9.72. The molecule has 0 aliphatic heterocycles. The maximum Gasteiger partial charge on any atom is 0.136 e. The highest BCUT2D eigenvalue weighted by Crippen LogP contribution is 2.19. The van der Waals surface area contributed by atoms with Crippen molar-refractivity contribution in [3.05, 3.63) is 24.0 Å². The summed E-state index contributed by atoms with van der Waals surface area (Å²) in [4.78, 5) is 8.68. The summed E-state index contributed by atoms with van der Waals surface area (Å²) < 4.78 is 1.87. The summed E-state index contributed by atoms with van der Waals surface area (Å²) in [6, 6.07) is 0. The van der Waals surface area contributed by atoms with Crippen LogP contribution >= 0.6 is 0 Å². The molecule has 2 rings (SSSR count). The molecule has 0 saturated carbocycles. The van der Waals surface area contributed by atoms with E-state index in [1.54, 1.807) is 6.33 Å². The second-order valence-corrected chi connectivity index (χ2v) is 4.17. The molecule has 5 nitrogen and oxygen atoms in total. The lowest BCUT2D eigenvalue weighted by Gasteiger charge is -1.99.